The molecule has 6 heteroatoms. The summed E-state index contributed by atoms with van der Waals surface area (Å²) in [5.74, 6) is 1.46. The topological polar surface area (TPSA) is 75.6 Å². The van der Waals surface area contributed by atoms with Gasteiger partial charge < -0.3 is 10.6 Å². The summed E-state index contributed by atoms with van der Waals surface area (Å²) >= 11 is 0. The van der Waals surface area contributed by atoms with E-state index in [1.54, 1.807) is 0 Å². The summed E-state index contributed by atoms with van der Waals surface area (Å²) in [4.78, 5) is 18.0. The minimum Gasteiger partial charge on any atom is -0.369 e. The van der Waals surface area contributed by atoms with E-state index in [9.17, 15) is 0 Å². The number of pyridine rings is 2. The summed E-state index contributed by atoms with van der Waals surface area (Å²) in [5, 5.41) is 7.77. The molecule has 0 aliphatic rings. The van der Waals surface area contributed by atoms with Crippen LogP contribution in [0.3, 0.4) is 0 Å². The van der Waals surface area contributed by atoms with Crippen LogP contribution in [0, 0.1) is 0 Å². The third-order valence-corrected chi connectivity index (χ3v) is 4.39. The van der Waals surface area contributed by atoms with Gasteiger partial charge in [-0.2, -0.15) is 4.98 Å². The molecule has 0 unspecified atom stereocenters. The summed E-state index contributed by atoms with van der Waals surface area (Å²) in [6.07, 6.45) is 5.28. The fraction of sp³-hybridized carbons (Fsp3) is 0.182. The van der Waals surface area contributed by atoms with Gasteiger partial charge in [-0.05, 0) is 36.4 Å². The van der Waals surface area contributed by atoms with Crippen molar-refractivity contribution in [2.75, 3.05) is 23.7 Å². The van der Waals surface area contributed by atoms with E-state index in [0.29, 0.717) is 5.95 Å². The zero-order chi connectivity index (χ0) is 19.0. The van der Waals surface area contributed by atoms with Crippen LogP contribution in [0.25, 0.3) is 10.9 Å². The molecular formula is C22H22N6. The zero-order valence-electron chi connectivity index (χ0n) is 15.5. The third kappa shape index (κ3) is 4.59. The van der Waals surface area contributed by atoms with Gasteiger partial charge in [-0.25, -0.2) is 4.98 Å². The van der Waals surface area contributed by atoms with E-state index < -0.39 is 0 Å². The van der Waals surface area contributed by atoms with E-state index in [0.717, 1.165) is 54.0 Å². The summed E-state index contributed by atoms with van der Waals surface area (Å²) in [7, 11) is 0. The Morgan fingerprint density at radius 1 is 0.643 bits per heavy atom. The second-order valence-corrected chi connectivity index (χ2v) is 6.41. The Balaban J connectivity index is 1.45. The smallest absolute Gasteiger partial charge is 0.225 e. The third-order valence-electron chi connectivity index (χ3n) is 4.39. The molecule has 3 heterocycles. The Morgan fingerprint density at radius 3 is 1.96 bits per heavy atom. The molecule has 3 aromatic heterocycles. The Kier molecular flexibility index (Phi) is 5.68. The molecule has 1 aromatic carbocycles. The summed E-state index contributed by atoms with van der Waals surface area (Å²) in [5.41, 5.74) is 3.02. The average Bonchev–Trinajstić information content (AvgIpc) is 2.75. The van der Waals surface area contributed by atoms with E-state index in [1.807, 2.05) is 73.1 Å². The molecule has 0 saturated carbocycles. The maximum absolute atomic E-state index is 4.69. The molecule has 4 rings (SSSR count). The Hall–Kier alpha value is -3.54. The number of hydrogen-bond donors (Lipinski definition) is 2. The lowest BCUT2D eigenvalue weighted by Gasteiger charge is -2.12. The first-order chi connectivity index (χ1) is 13.9. The lowest BCUT2D eigenvalue weighted by Crippen LogP contribution is -2.12. The van der Waals surface area contributed by atoms with Gasteiger partial charge in [-0.1, -0.05) is 24.3 Å². The van der Waals surface area contributed by atoms with Crippen molar-refractivity contribution in [1.29, 1.82) is 0 Å². The van der Waals surface area contributed by atoms with Crippen LogP contribution in [0.15, 0.2) is 73.1 Å². The summed E-state index contributed by atoms with van der Waals surface area (Å²) in [6, 6.07) is 19.9. The molecule has 0 radical (unpaired) electrons. The van der Waals surface area contributed by atoms with Gasteiger partial charge in [0.1, 0.15) is 5.82 Å². The highest BCUT2D eigenvalue weighted by Crippen LogP contribution is 2.21. The van der Waals surface area contributed by atoms with Crippen LogP contribution in [0.1, 0.15) is 11.4 Å². The van der Waals surface area contributed by atoms with Gasteiger partial charge in [0.2, 0.25) is 5.95 Å². The van der Waals surface area contributed by atoms with E-state index >= 15 is 0 Å². The molecule has 0 amide bonds. The van der Waals surface area contributed by atoms with Crippen LogP contribution in [0.4, 0.5) is 11.8 Å². The quantitative estimate of drug-likeness (QED) is 0.492. The van der Waals surface area contributed by atoms with E-state index in [1.165, 1.54) is 0 Å². The lowest BCUT2D eigenvalue weighted by atomic mass is 10.2. The minimum atomic E-state index is 0.620. The number of nitrogens with one attached hydrogen (secondary N) is 2. The molecule has 0 bridgehead atoms. The predicted octanol–water partition coefficient (Wildman–Crippen LogP) is 3.73. The Morgan fingerprint density at radius 2 is 1.29 bits per heavy atom. The van der Waals surface area contributed by atoms with Crippen molar-refractivity contribution in [3.05, 3.63) is 84.4 Å². The second kappa shape index (κ2) is 8.90. The maximum Gasteiger partial charge on any atom is 0.225 e. The number of anilines is 2. The first-order valence-electron chi connectivity index (χ1n) is 9.43. The van der Waals surface area contributed by atoms with Crippen molar-refractivity contribution >= 4 is 22.7 Å². The number of para-hydroxylation sites is 1. The van der Waals surface area contributed by atoms with E-state index in [4.69, 9.17) is 0 Å². The van der Waals surface area contributed by atoms with Crippen LogP contribution in [0.5, 0.6) is 0 Å². The highest BCUT2D eigenvalue weighted by molar-refractivity contribution is 5.90. The second-order valence-electron chi connectivity index (χ2n) is 6.41. The molecule has 2 N–H and O–H groups in total. The van der Waals surface area contributed by atoms with Crippen molar-refractivity contribution in [3.8, 4) is 0 Å². The molecule has 140 valence electrons. The van der Waals surface area contributed by atoms with Crippen molar-refractivity contribution in [2.24, 2.45) is 0 Å². The normalized spacial score (nSPS) is 10.7. The van der Waals surface area contributed by atoms with Crippen LogP contribution in [-0.2, 0) is 12.8 Å². The number of nitrogens with zero attached hydrogens (tertiary/aromatic N) is 4. The van der Waals surface area contributed by atoms with Gasteiger partial charge in [0.05, 0.1) is 5.52 Å². The number of fused-ring (bicyclic) bond motifs is 1. The molecule has 0 spiro atoms. The van der Waals surface area contributed by atoms with Gasteiger partial charge in [0, 0.05) is 55.1 Å². The summed E-state index contributed by atoms with van der Waals surface area (Å²) < 4.78 is 0. The van der Waals surface area contributed by atoms with Gasteiger partial charge in [0.25, 0.3) is 0 Å². The Labute approximate surface area is 164 Å². The van der Waals surface area contributed by atoms with Gasteiger partial charge in [0.15, 0.2) is 0 Å². The molecule has 0 saturated heterocycles. The minimum absolute atomic E-state index is 0.620. The highest BCUT2D eigenvalue weighted by Gasteiger charge is 2.07. The van der Waals surface area contributed by atoms with Crippen LogP contribution in [-0.4, -0.2) is 33.0 Å². The number of rotatable bonds is 8. The van der Waals surface area contributed by atoms with Crippen molar-refractivity contribution in [3.63, 3.8) is 0 Å². The van der Waals surface area contributed by atoms with Crippen molar-refractivity contribution < 1.29 is 0 Å². The van der Waals surface area contributed by atoms with E-state index in [2.05, 4.69) is 30.6 Å². The predicted molar refractivity (Wildman–Crippen MR) is 112 cm³/mol. The number of hydrogen-bond acceptors (Lipinski definition) is 6. The number of aromatic nitrogens is 4. The first-order valence-corrected chi connectivity index (χ1v) is 9.43. The maximum atomic E-state index is 4.69. The molecular weight excluding hydrogens is 348 g/mol. The van der Waals surface area contributed by atoms with Crippen molar-refractivity contribution in [1.82, 2.24) is 19.9 Å². The molecule has 0 atom stereocenters. The SMILES string of the molecule is c1ccc(CCNc2nc(NCCc3ccccn3)c3ccccc3n2)nc1. The fourth-order valence-electron chi connectivity index (χ4n) is 2.99. The first kappa shape index (κ1) is 17.9. The van der Waals surface area contributed by atoms with Crippen molar-refractivity contribution in [2.45, 2.75) is 12.8 Å². The number of benzene rings is 1. The summed E-state index contributed by atoms with van der Waals surface area (Å²) in [6.45, 7) is 1.48. The molecule has 0 aliphatic heterocycles. The van der Waals surface area contributed by atoms with Gasteiger partial charge in [-0.3, -0.25) is 9.97 Å². The van der Waals surface area contributed by atoms with Crippen LogP contribution < -0.4 is 10.6 Å². The van der Waals surface area contributed by atoms with Crippen LogP contribution in [0.2, 0.25) is 0 Å². The largest absolute Gasteiger partial charge is 0.369 e. The molecule has 28 heavy (non-hydrogen) atoms. The monoisotopic (exact) mass is 370 g/mol. The van der Waals surface area contributed by atoms with Gasteiger partial charge >= 0.3 is 0 Å². The lowest BCUT2D eigenvalue weighted by molar-refractivity contribution is 0.936. The van der Waals surface area contributed by atoms with Gasteiger partial charge in [-0.15, -0.1) is 0 Å². The molecule has 0 aliphatic carbocycles. The highest BCUT2D eigenvalue weighted by atomic mass is 15.1. The molecule has 0 fully saturated rings. The molecule has 4 aromatic rings. The average molecular weight is 370 g/mol. The standard InChI is InChI=1S/C22H22N6/c1-2-10-20-19(9-1)21(25-15-11-17-7-3-5-13-23-17)28-22(27-20)26-16-12-18-8-4-6-14-24-18/h1-10,13-14H,11-12,15-16H2,(H2,25,26,27,28). The van der Waals surface area contributed by atoms with Crippen LogP contribution >= 0.6 is 0 Å². The fourth-order valence-corrected chi connectivity index (χ4v) is 2.99. The zero-order valence-corrected chi connectivity index (χ0v) is 15.5. The molecule has 6 nitrogen and oxygen atoms in total. The van der Waals surface area contributed by atoms with E-state index in [-0.39, 0.29) is 0 Å². The Bertz CT molecular complexity index is 1020.